The van der Waals surface area contributed by atoms with Crippen LogP contribution in [0.2, 0.25) is 0 Å². The van der Waals surface area contributed by atoms with Gasteiger partial charge in [0.2, 0.25) is 0 Å². The van der Waals surface area contributed by atoms with E-state index < -0.39 is 0 Å². The average Bonchev–Trinajstić information content (AvgIpc) is 2.49. The Morgan fingerprint density at radius 3 is 2.46 bits per heavy atom. The SMILES string of the molecule is O=C(NC1CCC1)N[C@@H]1CCNC1. The fourth-order valence-corrected chi connectivity index (χ4v) is 1.74. The second kappa shape index (κ2) is 3.96. The summed E-state index contributed by atoms with van der Waals surface area (Å²) in [6.45, 7) is 1.94. The molecule has 2 fully saturated rings. The third-order valence-corrected chi connectivity index (χ3v) is 2.84. The minimum atomic E-state index is 0.0124. The number of hydrogen-bond donors (Lipinski definition) is 3. The first kappa shape index (κ1) is 8.81. The molecule has 2 rings (SSSR count). The van der Waals surface area contributed by atoms with Gasteiger partial charge in [-0.1, -0.05) is 0 Å². The molecule has 0 aromatic rings. The van der Waals surface area contributed by atoms with Gasteiger partial charge in [-0.3, -0.25) is 0 Å². The molecule has 0 spiro atoms. The van der Waals surface area contributed by atoms with Crippen LogP contribution in [0.3, 0.4) is 0 Å². The third kappa shape index (κ3) is 2.34. The molecule has 4 nitrogen and oxygen atoms in total. The first-order chi connectivity index (χ1) is 6.34. The average molecular weight is 183 g/mol. The minimum Gasteiger partial charge on any atom is -0.335 e. The molecule has 0 unspecified atom stereocenters. The van der Waals surface area contributed by atoms with Crippen molar-refractivity contribution in [2.24, 2.45) is 0 Å². The lowest BCUT2D eigenvalue weighted by Crippen LogP contribution is -2.48. The van der Waals surface area contributed by atoms with Gasteiger partial charge in [-0.05, 0) is 32.2 Å². The summed E-state index contributed by atoms with van der Waals surface area (Å²) in [5.74, 6) is 0. The van der Waals surface area contributed by atoms with Crippen LogP contribution in [0, 0.1) is 0 Å². The van der Waals surface area contributed by atoms with Crippen molar-refractivity contribution in [3.8, 4) is 0 Å². The van der Waals surface area contributed by atoms with E-state index in [9.17, 15) is 4.79 Å². The summed E-state index contributed by atoms with van der Waals surface area (Å²) in [5, 5.41) is 9.15. The lowest BCUT2D eigenvalue weighted by Gasteiger charge is -2.27. The van der Waals surface area contributed by atoms with E-state index in [0.717, 1.165) is 32.4 Å². The second-order valence-electron chi connectivity index (χ2n) is 3.94. The van der Waals surface area contributed by atoms with Crippen molar-refractivity contribution in [3.63, 3.8) is 0 Å². The highest BCUT2D eigenvalue weighted by Gasteiger charge is 2.21. The van der Waals surface area contributed by atoms with Crippen molar-refractivity contribution in [3.05, 3.63) is 0 Å². The predicted molar refractivity (Wildman–Crippen MR) is 50.6 cm³/mol. The van der Waals surface area contributed by atoms with Gasteiger partial charge in [-0.2, -0.15) is 0 Å². The summed E-state index contributed by atoms with van der Waals surface area (Å²) < 4.78 is 0. The van der Waals surface area contributed by atoms with E-state index in [0.29, 0.717) is 12.1 Å². The van der Waals surface area contributed by atoms with Crippen LogP contribution in [0.15, 0.2) is 0 Å². The standard InChI is InChI=1S/C9H17N3O/c13-9(11-7-2-1-3-7)12-8-4-5-10-6-8/h7-8,10H,1-6H2,(H2,11,12,13)/t8-/m1/s1. The molecule has 74 valence electrons. The van der Waals surface area contributed by atoms with E-state index in [-0.39, 0.29) is 6.03 Å². The molecule has 1 heterocycles. The van der Waals surface area contributed by atoms with Crippen molar-refractivity contribution >= 4 is 6.03 Å². The van der Waals surface area contributed by atoms with Gasteiger partial charge in [-0.15, -0.1) is 0 Å². The van der Waals surface area contributed by atoms with E-state index in [4.69, 9.17) is 0 Å². The Kier molecular flexibility index (Phi) is 2.68. The van der Waals surface area contributed by atoms with Gasteiger partial charge in [0.1, 0.15) is 0 Å². The fraction of sp³-hybridized carbons (Fsp3) is 0.889. The highest BCUT2D eigenvalue weighted by atomic mass is 16.2. The largest absolute Gasteiger partial charge is 0.335 e. The van der Waals surface area contributed by atoms with Crippen molar-refractivity contribution in [1.82, 2.24) is 16.0 Å². The number of urea groups is 1. The second-order valence-corrected chi connectivity index (χ2v) is 3.94. The maximum absolute atomic E-state index is 11.4. The van der Waals surface area contributed by atoms with Crippen LogP contribution >= 0.6 is 0 Å². The molecular weight excluding hydrogens is 166 g/mol. The summed E-state index contributed by atoms with van der Waals surface area (Å²) in [5.41, 5.74) is 0. The Morgan fingerprint density at radius 2 is 1.92 bits per heavy atom. The van der Waals surface area contributed by atoms with Crippen molar-refractivity contribution < 1.29 is 4.79 Å². The topological polar surface area (TPSA) is 53.2 Å². The number of carbonyl (C=O) groups excluding carboxylic acids is 1. The molecule has 4 heteroatoms. The predicted octanol–water partition coefficient (Wildman–Crippen LogP) is 0.200. The van der Waals surface area contributed by atoms with E-state index in [1.807, 2.05) is 0 Å². The van der Waals surface area contributed by atoms with Gasteiger partial charge < -0.3 is 16.0 Å². The van der Waals surface area contributed by atoms with Crippen LogP contribution in [0.5, 0.6) is 0 Å². The Labute approximate surface area is 78.5 Å². The molecule has 0 bridgehead atoms. The summed E-state index contributed by atoms with van der Waals surface area (Å²) in [7, 11) is 0. The maximum Gasteiger partial charge on any atom is 0.315 e. The van der Waals surface area contributed by atoms with Gasteiger partial charge in [0.25, 0.3) is 0 Å². The minimum absolute atomic E-state index is 0.0124. The highest BCUT2D eigenvalue weighted by Crippen LogP contribution is 2.17. The number of hydrogen-bond acceptors (Lipinski definition) is 2. The van der Waals surface area contributed by atoms with E-state index in [1.54, 1.807) is 0 Å². The third-order valence-electron chi connectivity index (χ3n) is 2.84. The summed E-state index contributed by atoms with van der Waals surface area (Å²) in [6.07, 6.45) is 4.61. The van der Waals surface area contributed by atoms with Gasteiger partial charge in [0, 0.05) is 18.6 Å². The van der Waals surface area contributed by atoms with Gasteiger partial charge in [0.05, 0.1) is 0 Å². The van der Waals surface area contributed by atoms with Crippen LogP contribution in [-0.2, 0) is 0 Å². The van der Waals surface area contributed by atoms with Crippen LogP contribution < -0.4 is 16.0 Å². The first-order valence-corrected chi connectivity index (χ1v) is 5.12. The molecule has 1 atom stereocenters. The summed E-state index contributed by atoms with van der Waals surface area (Å²) in [4.78, 5) is 11.4. The number of rotatable bonds is 2. The fourth-order valence-electron chi connectivity index (χ4n) is 1.74. The molecule has 0 aromatic heterocycles. The Balaban J connectivity index is 1.64. The van der Waals surface area contributed by atoms with Gasteiger partial charge in [-0.25, -0.2) is 4.79 Å². The Bertz CT molecular complexity index is 185. The maximum atomic E-state index is 11.4. The van der Waals surface area contributed by atoms with E-state index >= 15 is 0 Å². The van der Waals surface area contributed by atoms with Crippen molar-refractivity contribution in [2.75, 3.05) is 13.1 Å². The molecular formula is C9H17N3O. The number of amides is 2. The molecule has 0 radical (unpaired) electrons. The quantitative estimate of drug-likeness (QED) is 0.573. The Hall–Kier alpha value is -0.770. The molecule has 13 heavy (non-hydrogen) atoms. The van der Waals surface area contributed by atoms with Gasteiger partial charge >= 0.3 is 6.03 Å². The molecule has 1 aliphatic carbocycles. The van der Waals surface area contributed by atoms with E-state index in [1.165, 1.54) is 6.42 Å². The van der Waals surface area contributed by atoms with E-state index in [2.05, 4.69) is 16.0 Å². The number of nitrogens with one attached hydrogen (secondary N) is 3. The zero-order valence-corrected chi connectivity index (χ0v) is 7.81. The molecule has 2 aliphatic rings. The smallest absolute Gasteiger partial charge is 0.315 e. The number of carbonyl (C=O) groups is 1. The van der Waals surface area contributed by atoms with Crippen LogP contribution in [0.25, 0.3) is 0 Å². The summed E-state index contributed by atoms with van der Waals surface area (Å²) in [6, 6.07) is 0.785. The molecule has 1 aliphatic heterocycles. The van der Waals surface area contributed by atoms with Crippen LogP contribution in [0.4, 0.5) is 4.79 Å². The Morgan fingerprint density at radius 1 is 1.15 bits per heavy atom. The normalized spacial score (nSPS) is 28.2. The lowest BCUT2D eigenvalue weighted by atomic mass is 9.93. The van der Waals surface area contributed by atoms with Crippen LogP contribution in [-0.4, -0.2) is 31.2 Å². The van der Waals surface area contributed by atoms with Crippen molar-refractivity contribution in [1.29, 1.82) is 0 Å². The van der Waals surface area contributed by atoms with Crippen LogP contribution in [0.1, 0.15) is 25.7 Å². The monoisotopic (exact) mass is 183 g/mol. The van der Waals surface area contributed by atoms with Gasteiger partial charge in [0.15, 0.2) is 0 Å². The zero-order valence-electron chi connectivity index (χ0n) is 7.81. The lowest BCUT2D eigenvalue weighted by molar-refractivity contribution is 0.225. The molecule has 3 N–H and O–H groups in total. The first-order valence-electron chi connectivity index (χ1n) is 5.12. The van der Waals surface area contributed by atoms with Crippen molar-refractivity contribution in [2.45, 2.75) is 37.8 Å². The molecule has 2 amide bonds. The molecule has 1 saturated heterocycles. The summed E-state index contributed by atoms with van der Waals surface area (Å²) >= 11 is 0. The zero-order chi connectivity index (χ0) is 9.10. The highest BCUT2D eigenvalue weighted by molar-refractivity contribution is 5.74. The molecule has 0 aromatic carbocycles. The molecule has 1 saturated carbocycles.